The summed E-state index contributed by atoms with van der Waals surface area (Å²) in [6.07, 6.45) is -10.9. The van der Waals surface area contributed by atoms with E-state index in [1.165, 1.54) is 13.0 Å². The van der Waals surface area contributed by atoms with E-state index < -0.39 is 47.4 Å². The highest BCUT2D eigenvalue weighted by Crippen LogP contribution is 2.39. The number of benzene rings is 1. The standard InChI is InChI=1S/C16H16F6N2O.C2H6/c1-4-12(7-15(17,18)19)24(10(3)25)13-6-5-11(8-23)14(9(13)2)16(20,21)22;1-2/h5-6,12H,4,7H2,1-3H3;1-2H3. The number of alkyl halides is 6. The van der Waals surface area contributed by atoms with Gasteiger partial charge in [0.25, 0.3) is 0 Å². The molecule has 0 saturated carbocycles. The second kappa shape index (κ2) is 9.62. The SMILES string of the molecule is CC.CCC(CC(F)(F)F)N(C(C)=O)c1ccc(C#N)c(C(F)(F)F)c1C. The number of nitriles is 1. The molecule has 1 unspecified atom stereocenters. The van der Waals surface area contributed by atoms with E-state index in [-0.39, 0.29) is 12.1 Å². The molecule has 0 heterocycles. The summed E-state index contributed by atoms with van der Waals surface area (Å²) in [5.41, 5.74) is -2.64. The van der Waals surface area contributed by atoms with Crippen LogP contribution in [0, 0.1) is 18.3 Å². The number of carbonyl (C=O) groups is 1. The zero-order valence-corrected chi connectivity index (χ0v) is 15.7. The summed E-state index contributed by atoms with van der Waals surface area (Å²) < 4.78 is 78.1. The van der Waals surface area contributed by atoms with Crippen LogP contribution in [0.2, 0.25) is 0 Å². The molecule has 9 heteroatoms. The van der Waals surface area contributed by atoms with Crippen LogP contribution in [-0.2, 0) is 11.0 Å². The Hall–Kier alpha value is -2.24. The second-order valence-electron chi connectivity index (χ2n) is 5.51. The van der Waals surface area contributed by atoms with Gasteiger partial charge in [-0.05, 0) is 31.0 Å². The Kier molecular flexibility index (Phi) is 8.83. The van der Waals surface area contributed by atoms with Gasteiger partial charge < -0.3 is 4.90 Å². The largest absolute Gasteiger partial charge is 0.418 e. The van der Waals surface area contributed by atoms with Gasteiger partial charge in [0.2, 0.25) is 5.91 Å². The Bertz CT molecular complexity index is 689. The van der Waals surface area contributed by atoms with E-state index in [2.05, 4.69) is 0 Å². The van der Waals surface area contributed by atoms with Gasteiger partial charge in [-0.25, -0.2) is 0 Å². The van der Waals surface area contributed by atoms with Gasteiger partial charge in [-0.2, -0.15) is 31.6 Å². The zero-order chi connectivity index (χ0) is 21.6. The average Bonchev–Trinajstić information content (AvgIpc) is 2.54. The van der Waals surface area contributed by atoms with E-state index >= 15 is 0 Å². The lowest BCUT2D eigenvalue weighted by molar-refractivity contribution is -0.141. The Morgan fingerprint density at radius 3 is 2.04 bits per heavy atom. The first kappa shape index (κ1) is 24.8. The minimum atomic E-state index is -4.88. The number of rotatable bonds is 4. The van der Waals surface area contributed by atoms with Crippen LogP contribution in [-0.4, -0.2) is 18.1 Å². The molecule has 1 aromatic rings. The van der Waals surface area contributed by atoms with Gasteiger partial charge in [-0.15, -0.1) is 0 Å². The predicted molar refractivity (Wildman–Crippen MR) is 90.2 cm³/mol. The molecule has 3 nitrogen and oxygen atoms in total. The third kappa shape index (κ3) is 6.45. The molecule has 1 amide bonds. The summed E-state index contributed by atoms with van der Waals surface area (Å²) in [7, 11) is 0. The number of halogens is 6. The normalized spacial score (nSPS) is 12.5. The number of amides is 1. The quantitative estimate of drug-likeness (QED) is 0.586. The maximum absolute atomic E-state index is 13.3. The van der Waals surface area contributed by atoms with Crippen molar-refractivity contribution < 1.29 is 31.1 Å². The van der Waals surface area contributed by atoms with Crippen molar-refractivity contribution in [2.45, 2.75) is 65.9 Å². The lowest BCUT2D eigenvalue weighted by Gasteiger charge is -2.33. The van der Waals surface area contributed by atoms with E-state index in [4.69, 9.17) is 5.26 Å². The number of hydrogen-bond acceptors (Lipinski definition) is 2. The second-order valence-corrected chi connectivity index (χ2v) is 5.51. The van der Waals surface area contributed by atoms with E-state index in [0.29, 0.717) is 0 Å². The number of carbonyl (C=O) groups excluding carboxylic acids is 1. The topological polar surface area (TPSA) is 44.1 Å². The van der Waals surface area contributed by atoms with Crippen molar-refractivity contribution >= 4 is 11.6 Å². The van der Waals surface area contributed by atoms with Crippen molar-refractivity contribution in [2.24, 2.45) is 0 Å². The van der Waals surface area contributed by atoms with Crippen LogP contribution in [0.4, 0.5) is 32.0 Å². The smallest absolute Gasteiger partial charge is 0.309 e. The van der Waals surface area contributed by atoms with Gasteiger partial charge in [0.15, 0.2) is 0 Å². The van der Waals surface area contributed by atoms with Gasteiger partial charge in [0.1, 0.15) is 0 Å². The Morgan fingerprint density at radius 2 is 1.70 bits per heavy atom. The maximum Gasteiger partial charge on any atom is 0.418 e. The summed E-state index contributed by atoms with van der Waals surface area (Å²) in [4.78, 5) is 12.6. The van der Waals surface area contributed by atoms with Crippen molar-refractivity contribution in [3.05, 3.63) is 28.8 Å². The molecule has 0 N–H and O–H groups in total. The Labute approximate surface area is 154 Å². The van der Waals surface area contributed by atoms with Crippen LogP contribution >= 0.6 is 0 Å². The highest BCUT2D eigenvalue weighted by molar-refractivity contribution is 5.93. The van der Waals surface area contributed by atoms with Crippen molar-refractivity contribution in [3.63, 3.8) is 0 Å². The molecule has 0 aliphatic rings. The van der Waals surface area contributed by atoms with Crippen LogP contribution in [0.3, 0.4) is 0 Å². The Morgan fingerprint density at radius 1 is 1.19 bits per heavy atom. The van der Waals surface area contributed by atoms with Gasteiger partial charge in [0.05, 0.1) is 23.6 Å². The van der Waals surface area contributed by atoms with Gasteiger partial charge in [-0.1, -0.05) is 20.8 Å². The van der Waals surface area contributed by atoms with Crippen molar-refractivity contribution in [1.29, 1.82) is 5.26 Å². The minimum Gasteiger partial charge on any atom is -0.309 e. The van der Waals surface area contributed by atoms with Gasteiger partial charge in [0, 0.05) is 18.7 Å². The molecule has 1 rings (SSSR count). The lowest BCUT2D eigenvalue weighted by Crippen LogP contribution is -2.42. The van der Waals surface area contributed by atoms with Crippen molar-refractivity contribution in [3.8, 4) is 6.07 Å². The number of hydrogen-bond donors (Lipinski definition) is 0. The van der Waals surface area contributed by atoms with Crippen LogP contribution < -0.4 is 4.90 Å². The molecule has 0 bridgehead atoms. The molecule has 0 aromatic heterocycles. The summed E-state index contributed by atoms with van der Waals surface area (Å²) in [5.74, 6) is -0.808. The van der Waals surface area contributed by atoms with Gasteiger partial charge in [-0.3, -0.25) is 4.79 Å². The lowest BCUT2D eigenvalue weighted by atomic mass is 9.97. The fourth-order valence-corrected chi connectivity index (χ4v) is 2.73. The Balaban J connectivity index is 0.00000326. The van der Waals surface area contributed by atoms with Crippen LogP contribution in [0.15, 0.2) is 12.1 Å². The average molecular weight is 396 g/mol. The first-order valence-electron chi connectivity index (χ1n) is 8.30. The molecular weight excluding hydrogens is 374 g/mol. The van der Waals surface area contributed by atoms with Crippen molar-refractivity contribution in [1.82, 2.24) is 0 Å². The third-order valence-corrected chi connectivity index (χ3v) is 3.74. The molecule has 0 radical (unpaired) electrons. The summed E-state index contributed by atoms with van der Waals surface area (Å²) >= 11 is 0. The monoisotopic (exact) mass is 396 g/mol. The molecule has 1 atom stereocenters. The maximum atomic E-state index is 13.3. The molecule has 152 valence electrons. The fourth-order valence-electron chi connectivity index (χ4n) is 2.73. The summed E-state index contributed by atoms with van der Waals surface area (Å²) in [5, 5.41) is 8.87. The summed E-state index contributed by atoms with van der Waals surface area (Å²) in [6, 6.07) is 2.01. The highest BCUT2D eigenvalue weighted by atomic mass is 19.4. The van der Waals surface area contributed by atoms with Crippen LogP contribution in [0.25, 0.3) is 0 Å². The molecule has 1 aromatic carbocycles. The van der Waals surface area contributed by atoms with Gasteiger partial charge >= 0.3 is 12.4 Å². The van der Waals surface area contributed by atoms with Crippen LogP contribution in [0.5, 0.6) is 0 Å². The van der Waals surface area contributed by atoms with E-state index in [1.54, 1.807) is 0 Å². The van der Waals surface area contributed by atoms with Crippen LogP contribution in [0.1, 0.15) is 57.2 Å². The van der Waals surface area contributed by atoms with E-state index in [1.807, 2.05) is 13.8 Å². The molecule has 27 heavy (non-hydrogen) atoms. The van der Waals surface area contributed by atoms with E-state index in [0.717, 1.165) is 30.9 Å². The molecule has 0 fully saturated rings. The molecule has 0 saturated heterocycles. The molecule has 0 aliphatic carbocycles. The number of anilines is 1. The number of nitrogens with zero attached hydrogens (tertiary/aromatic N) is 2. The minimum absolute atomic E-state index is 0.0973. The molecule has 0 aliphatic heterocycles. The third-order valence-electron chi connectivity index (χ3n) is 3.74. The zero-order valence-electron chi connectivity index (χ0n) is 15.7. The first-order chi connectivity index (χ1) is 12.3. The van der Waals surface area contributed by atoms with E-state index in [9.17, 15) is 31.1 Å². The summed E-state index contributed by atoms with van der Waals surface area (Å²) in [6.45, 7) is 7.44. The van der Waals surface area contributed by atoms with Crippen molar-refractivity contribution in [2.75, 3.05) is 4.90 Å². The first-order valence-corrected chi connectivity index (χ1v) is 8.30. The molecule has 0 spiro atoms. The molecular formula is C18H22F6N2O. The highest BCUT2D eigenvalue weighted by Gasteiger charge is 2.39. The predicted octanol–water partition coefficient (Wildman–Crippen LogP) is 6.00. The fraction of sp³-hybridized carbons (Fsp3) is 0.556.